The molecule has 1 aliphatic heterocycles. The van der Waals surface area contributed by atoms with Crippen molar-refractivity contribution in [1.29, 1.82) is 0 Å². The Morgan fingerprint density at radius 2 is 1.89 bits per heavy atom. The van der Waals surface area contributed by atoms with Crippen LogP contribution in [-0.2, 0) is 14.4 Å². The van der Waals surface area contributed by atoms with Gasteiger partial charge in [-0.1, -0.05) is 12.8 Å². The molecule has 0 bridgehead atoms. The molecule has 0 aromatic rings. The molecule has 106 valence electrons. The largest absolute Gasteiger partial charge is 0.325 e. The summed E-state index contributed by atoms with van der Waals surface area (Å²) in [6, 6.07) is 0. The van der Waals surface area contributed by atoms with Gasteiger partial charge in [-0.25, -0.2) is 0 Å². The Bertz CT molecular complexity index is 425. The van der Waals surface area contributed by atoms with Crippen molar-refractivity contribution >= 4 is 17.7 Å². The van der Waals surface area contributed by atoms with Crippen molar-refractivity contribution in [3.8, 4) is 0 Å². The van der Waals surface area contributed by atoms with Crippen LogP contribution in [0.25, 0.3) is 0 Å². The van der Waals surface area contributed by atoms with Crippen LogP contribution in [0.3, 0.4) is 0 Å². The van der Waals surface area contributed by atoms with Crippen molar-refractivity contribution in [3.63, 3.8) is 0 Å². The predicted molar refractivity (Wildman–Crippen MR) is 68.9 cm³/mol. The van der Waals surface area contributed by atoms with E-state index in [9.17, 15) is 14.4 Å². The number of nitrogens with zero attached hydrogens (tertiary/aromatic N) is 1. The first kappa shape index (κ1) is 14.0. The summed E-state index contributed by atoms with van der Waals surface area (Å²) >= 11 is 0. The minimum absolute atomic E-state index is 0.0757. The van der Waals surface area contributed by atoms with Gasteiger partial charge in [0.1, 0.15) is 12.1 Å². The third-order valence-corrected chi connectivity index (χ3v) is 4.19. The van der Waals surface area contributed by atoms with Gasteiger partial charge in [0.15, 0.2) is 0 Å². The average Bonchev–Trinajstić information content (AvgIpc) is 2.70. The van der Waals surface area contributed by atoms with Crippen LogP contribution in [0.15, 0.2) is 0 Å². The molecule has 0 atom stereocenters. The number of piperazine rings is 1. The normalized spacial score (nSPS) is 25.3. The van der Waals surface area contributed by atoms with E-state index in [-0.39, 0.29) is 18.9 Å². The molecule has 19 heavy (non-hydrogen) atoms. The fourth-order valence-electron chi connectivity index (χ4n) is 2.84. The van der Waals surface area contributed by atoms with Crippen LogP contribution in [0.4, 0.5) is 0 Å². The van der Waals surface area contributed by atoms with E-state index in [0.29, 0.717) is 0 Å². The van der Waals surface area contributed by atoms with Gasteiger partial charge in [0.05, 0.1) is 0 Å². The van der Waals surface area contributed by atoms with Crippen LogP contribution < -0.4 is 11.1 Å². The zero-order valence-electron chi connectivity index (χ0n) is 11.5. The van der Waals surface area contributed by atoms with E-state index >= 15 is 0 Å². The molecule has 2 fully saturated rings. The minimum atomic E-state index is -1.00. The SMILES string of the molecule is CC1(C)C(=O)NC(=O)CN1C(=O)CC1(N)CCCC1. The van der Waals surface area contributed by atoms with Gasteiger partial charge in [0.25, 0.3) is 5.91 Å². The van der Waals surface area contributed by atoms with E-state index < -0.39 is 22.9 Å². The Balaban J connectivity index is 2.12. The van der Waals surface area contributed by atoms with Crippen LogP contribution in [0.5, 0.6) is 0 Å². The molecule has 0 unspecified atom stereocenters. The highest BCUT2D eigenvalue weighted by Crippen LogP contribution is 2.31. The second-order valence-corrected chi connectivity index (χ2v) is 6.16. The number of hydrogen-bond acceptors (Lipinski definition) is 4. The van der Waals surface area contributed by atoms with Crippen LogP contribution >= 0.6 is 0 Å². The van der Waals surface area contributed by atoms with E-state index in [2.05, 4.69) is 5.32 Å². The molecule has 2 aliphatic rings. The van der Waals surface area contributed by atoms with Gasteiger partial charge in [0.2, 0.25) is 11.8 Å². The Hall–Kier alpha value is -1.43. The number of imide groups is 1. The smallest absolute Gasteiger partial charge is 0.252 e. The molecule has 0 radical (unpaired) electrons. The molecule has 0 aromatic carbocycles. The summed E-state index contributed by atoms with van der Waals surface area (Å²) in [5, 5.41) is 2.25. The number of carbonyl (C=O) groups excluding carboxylic acids is 3. The van der Waals surface area contributed by atoms with E-state index in [4.69, 9.17) is 5.73 Å². The minimum Gasteiger partial charge on any atom is -0.325 e. The lowest BCUT2D eigenvalue weighted by atomic mass is 9.91. The van der Waals surface area contributed by atoms with Gasteiger partial charge in [-0.05, 0) is 26.7 Å². The molecule has 0 aromatic heterocycles. The number of amides is 3. The van der Waals surface area contributed by atoms with Crippen molar-refractivity contribution in [3.05, 3.63) is 0 Å². The lowest BCUT2D eigenvalue weighted by Gasteiger charge is -2.41. The van der Waals surface area contributed by atoms with Crippen molar-refractivity contribution in [2.24, 2.45) is 5.73 Å². The van der Waals surface area contributed by atoms with E-state index in [0.717, 1.165) is 25.7 Å². The summed E-state index contributed by atoms with van der Waals surface area (Å²) in [7, 11) is 0. The fraction of sp³-hybridized carbons (Fsp3) is 0.769. The Labute approximate surface area is 112 Å². The molecule has 1 aliphatic carbocycles. The molecule has 1 saturated heterocycles. The quantitative estimate of drug-likeness (QED) is 0.684. The third kappa shape index (κ3) is 2.63. The van der Waals surface area contributed by atoms with Crippen molar-refractivity contribution < 1.29 is 14.4 Å². The zero-order valence-corrected chi connectivity index (χ0v) is 11.5. The highest BCUT2D eigenvalue weighted by Gasteiger charge is 2.45. The highest BCUT2D eigenvalue weighted by molar-refractivity contribution is 6.06. The Morgan fingerprint density at radius 1 is 1.32 bits per heavy atom. The standard InChI is InChI=1S/C13H21N3O3/c1-12(2)11(19)15-9(17)8-16(12)10(18)7-13(14)5-3-4-6-13/h3-8,14H2,1-2H3,(H,15,17,19). The van der Waals surface area contributed by atoms with Crippen molar-refractivity contribution in [1.82, 2.24) is 10.2 Å². The highest BCUT2D eigenvalue weighted by atomic mass is 16.2. The van der Waals surface area contributed by atoms with E-state index in [1.54, 1.807) is 13.8 Å². The lowest BCUT2D eigenvalue weighted by Crippen LogP contribution is -2.66. The van der Waals surface area contributed by atoms with Crippen LogP contribution in [0.1, 0.15) is 46.0 Å². The molecule has 1 heterocycles. The van der Waals surface area contributed by atoms with E-state index in [1.807, 2.05) is 0 Å². The summed E-state index contributed by atoms with van der Waals surface area (Å²) in [6.45, 7) is 3.21. The van der Waals surface area contributed by atoms with Gasteiger partial charge in [-0.3, -0.25) is 19.7 Å². The van der Waals surface area contributed by atoms with Gasteiger partial charge < -0.3 is 10.6 Å². The summed E-state index contributed by atoms with van der Waals surface area (Å²) in [4.78, 5) is 37.0. The fourth-order valence-corrected chi connectivity index (χ4v) is 2.84. The molecule has 3 N–H and O–H groups in total. The van der Waals surface area contributed by atoms with Gasteiger partial charge in [-0.15, -0.1) is 0 Å². The molecule has 6 nitrogen and oxygen atoms in total. The third-order valence-electron chi connectivity index (χ3n) is 4.19. The summed E-state index contributed by atoms with van der Waals surface area (Å²) < 4.78 is 0. The summed E-state index contributed by atoms with van der Waals surface area (Å²) in [6.07, 6.45) is 3.93. The van der Waals surface area contributed by atoms with Crippen LogP contribution in [0.2, 0.25) is 0 Å². The first-order valence-electron chi connectivity index (χ1n) is 6.68. The molecular formula is C13H21N3O3. The van der Waals surface area contributed by atoms with Crippen molar-refractivity contribution in [2.45, 2.75) is 57.0 Å². The van der Waals surface area contributed by atoms with Gasteiger partial charge in [-0.2, -0.15) is 0 Å². The average molecular weight is 267 g/mol. The first-order chi connectivity index (χ1) is 8.74. The molecule has 6 heteroatoms. The maximum Gasteiger partial charge on any atom is 0.252 e. The van der Waals surface area contributed by atoms with Gasteiger partial charge in [0, 0.05) is 12.0 Å². The maximum atomic E-state index is 12.4. The molecule has 2 rings (SSSR count). The summed E-state index contributed by atoms with van der Waals surface area (Å²) in [5.74, 6) is -1.08. The zero-order chi connectivity index (χ0) is 14.3. The monoisotopic (exact) mass is 267 g/mol. The molecular weight excluding hydrogens is 246 g/mol. The maximum absolute atomic E-state index is 12.4. The van der Waals surface area contributed by atoms with Crippen molar-refractivity contribution in [2.75, 3.05) is 6.54 Å². The number of nitrogens with two attached hydrogens (primary N) is 1. The van der Waals surface area contributed by atoms with Gasteiger partial charge >= 0.3 is 0 Å². The molecule has 3 amide bonds. The van der Waals surface area contributed by atoms with Crippen LogP contribution in [0, 0.1) is 0 Å². The Kier molecular flexibility index (Phi) is 3.38. The second-order valence-electron chi connectivity index (χ2n) is 6.16. The molecule has 0 spiro atoms. The number of nitrogens with one attached hydrogen (secondary N) is 1. The lowest BCUT2D eigenvalue weighted by molar-refractivity contribution is -0.156. The number of rotatable bonds is 2. The topological polar surface area (TPSA) is 92.5 Å². The number of carbonyl (C=O) groups is 3. The van der Waals surface area contributed by atoms with Crippen LogP contribution in [-0.4, -0.2) is 40.2 Å². The second kappa shape index (κ2) is 4.59. The summed E-state index contributed by atoms with van der Waals surface area (Å²) in [5.41, 5.74) is 4.72. The Morgan fingerprint density at radius 3 is 2.47 bits per heavy atom. The predicted octanol–water partition coefficient (Wildman–Crippen LogP) is -0.0884. The van der Waals surface area contributed by atoms with E-state index in [1.165, 1.54) is 4.90 Å². The molecule has 1 saturated carbocycles. The first-order valence-corrected chi connectivity index (χ1v) is 6.68. The number of hydrogen-bond donors (Lipinski definition) is 2.